The van der Waals surface area contributed by atoms with Gasteiger partial charge in [0.15, 0.2) is 6.29 Å². The first-order valence-corrected chi connectivity index (χ1v) is 6.72. The van der Waals surface area contributed by atoms with E-state index < -0.39 is 0 Å². The fourth-order valence-electron chi connectivity index (χ4n) is 1.71. The zero-order chi connectivity index (χ0) is 12.8. The molecule has 94 valence electrons. The molecule has 0 radical (unpaired) electrons. The standard InChI is InChI=1S/C14H19BrO2/c1-10(2)5-4-6-17-14-11(3)7-13(15)8-12(14)9-16/h7-10H,4-6H2,1-3H3. The molecule has 0 N–H and O–H groups in total. The molecule has 2 nitrogen and oxygen atoms in total. The minimum Gasteiger partial charge on any atom is -0.493 e. The third-order valence-corrected chi connectivity index (χ3v) is 3.03. The number of carbonyl (C=O) groups excluding carboxylic acids is 1. The van der Waals surface area contributed by atoms with Crippen molar-refractivity contribution in [1.82, 2.24) is 0 Å². The van der Waals surface area contributed by atoms with Gasteiger partial charge in [0, 0.05) is 4.47 Å². The van der Waals surface area contributed by atoms with Gasteiger partial charge in [-0.2, -0.15) is 0 Å². The molecular weight excluding hydrogens is 280 g/mol. The molecule has 1 aromatic rings. The van der Waals surface area contributed by atoms with Crippen LogP contribution in [0.25, 0.3) is 0 Å². The summed E-state index contributed by atoms with van der Waals surface area (Å²) in [5, 5.41) is 0. The van der Waals surface area contributed by atoms with E-state index in [2.05, 4.69) is 29.8 Å². The van der Waals surface area contributed by atoms with Gasteiger partial charge >= 0.3 is 0 Å². The lowest BCUT2D eigenvalue weighted by Gasteiger charge is -2.12. The number of rotatable bonds is 6. The maximum absolute atomic E-state index is 11.0. The van der Waals surface area contributed by atoms with Gasteiger partial charge in [0.05, 0.1) is 12.2 Å². The second-order valence-corrected chi connectivity index (χ2v) is 5.56. The molecule has 0 bridgehead atoms. The van der Waals surface area contributed by atoms with Crippen LogP contribution >= 0.6 is 15.9 Å². The molecule has 0 aliphatic rings. The minimum absolute atomic E-state index is 0.612. The molecule has 0 fully saturated rings. The Bertz CT molecular complexity index is 386. The van der Waals surface area contributed by atoms with Crippen LogP contribution in [0.2, 0.25) is 0 Å². The zero-order valence-electron chi connectivity index (χ0n) is 10.6. The van der Waals surface area contributed by atoms with E-state index in [-0.39, 0.29) is 0 Å². The van der Waals surface area contributed by atoms with Crippen molar-refractivity contribution < 1.29 is 9.53 Å². The van der Waals surface area contributed by atoms with E-state index >= 15 is 0 Å². The van der Waals surface area contributed by atoms with E-state index in [0.717, 1.165) is 29.2 Å². The molecule has 1 rings (SSSR count). The van der Waals surface area contributed by atoms with Crippen molar-refractivity contribution in [1.29, 1.82) is 0 Å². The number of hydrogen-bond donors (Lipinski definition) is 0. The number of halogens is 1. The van der Waals surface area contributed by atoms with Crippen molar-refractivity contribution >= 4 is 22.2 Å². The smallest absolute Gasteiger partial charge is 0.153 e. The first kappa shape index (κ1) is 14.2. The highest BCUT2D eigenvalue weighted by Gasteiger charge is 2.08. The van der Waals surface area contributed by atoms with Gasteiger partial charge in [-0.05, 0) is 43.4 Å². The van der Waals surface area contributed by atoms with Gasteiger partial charge < -0.3 is 4.74 Å². The molecule has 0 heterocycles. The summed E-state index contributed by atoms with van der Waals surface area (Å²) in [5.74, 6) is 1.40. The summed E-state index contributed by atoms with van der Waals surface area (Å²) in [5.41, 5.74) is 1.60. The third kappa shape index (κ3) is 4.50. The number of aryl methyl sites for hydroxylation is 1. The Morgan fingerprint density at radius 1 is 1.41 bits per heavy atom. The van der Waals surface area contributed by atoms with Gasteiger partial charge in [-0.1, -0.05) is 29.8 Å². The first-order valence-electron chi connectivity index (χ1n) is 5.92. The van der Waals surface area contributed by atoms with Gasteiger partial charge in [-0.3, -0.25) is 4.79 Å². The molecule has 0 saturated carbocycles. The van der Waals surface area contributed by atoms with Crippen molar-refractivity contribution in [3.63, 3.8) is 0 Å². The highest BCUT2D eigenvalue weighted by Crippen LogP contribution is 2.27. The van der Waals surface area contributed by atoms with Crippen LogP contribution in [0, 0.1) is 12.8 Å². The van der Waals surface area contributed by atoms with E-state index in [1.54, 1.807) is 6.07 Å². The van der Waals surface area contributed by atoms with Crippen molar-refractivity contribution in [2.24, 2.45) is 5.92 Å². The predicted octanol–water partition coefficient (Wildman–Crippen LogP) is 4.39. The van der Waals surface area contributed by atoms with Crippen molar-refractivity contribution in [3.8, 4) is 5.75 Å². The minimum atomic E-state index is 0.612. The topological polar surface area (TPSA) is 26.3 Å². The quantitative estimate of drug-likeness (QED) is 0.575. The maximum atomic E-state index is 11.0. The van der Waals surface area contributed by atoms with Gasteiger partial charge in [-0.25, -0.2) is 0 Å². The summed E-state index contributed by atoms with van der Waals surface area (Å²) in [6, 6.07) is 3.75. The second-order valence-electron chi connectivity index (χ2n) is 4.64. The molecule has 0 amide bonds. The zero-order valence-corrected chi connectivity index (χ0v) is 12.2. The van der Waals surface area contributed by atoms with Crippen LogP contribution in [0.3, 0.4) is 0 Å². The van der Waals surface area contributed by atoms with Crippen molar-refractivity contribution in [3.05, 3.63) is 27.7 Å². The predicted molar refractivity (Wildman–Crippen MR) is 73.8 cm³/mol. The number of ether oxygens (including phenoxy) is 1. The van der Waals surface area contributed by atoms with E-state index in [0.29, 0.717) is 23.8 Å². The van der Waals surface area contributed by atoms with Gasteiger partial charge in [0.2, 0.25) is 0 Å². The summed E-state index contributed by atoms with van der Waals surface area (Å²) >= 11 is 3.37. The largest absolute Gasteiger partial charge is 0.493 e. The summed E-state index contributed by atoms with van der Waals surface area (Å²) < 4.78 is 6.62. The molecule has 1 aromatic carbocycles. The highest BCUT2D eigenvalue weighted by atomic mass is 79.9. The normalized spacial score (nSPS) is 10.6. The van der Waals surface area contributed by atoms with Crippen molar-refractivity contribution in [2.75, 3.05) is 6.61 Å². The van der Waals surface area contributed by atoms with Crippen LogP contribution in [0.15, 0.2) is 16.6 Å². The molecule has 0 saturated heterocycles. The lowest BCUT2D eigenvalue weighted by molar-refractivity contribution is 0.111. The average Bonchev–Trinajstić information content (AvgIpc) is 2.25. The molecule has 17 heavy (non-hydrogen) atoms. The molecule has 0 unspecified atom stereocenters. The Morgan fingerprint density at radius 2 is 2.12 bits per heavy atom. The lowest BCUT2D eigenvalue weighted by atomic mass is 10.1. The Morgan fingerprint density at radius 3 is 2.71 bits per heavy atom. The Kier molecular flexibility index (Phi) is 5.69. The first-order chi connectivity index (χ1) is 8.04. The van der Waals surface area contributed by atoms with Crippen LogP contribution in [0.1, 0.15) is 42.6 Å². The fourth-order valence-corrected chi connectivity index (χ4v) is 2.30. The highest BCUT2D eigenvalue weighted by molar-refractivity contribution is 9.10. The van der Waals surface area contributed by atoms with E-state index in [1.807, 2.05) is 13.0 Å². The van der Waals surface area contributed by atoms with Crippen LogP contribution in [-0.2, 0) is 0 Å². The molecular formula is C14H19BrO2. The molecule has 3 heteroatoms. The number of aldehydes is 1. The molecule has 0 aliphatic carbocycles. The van der Waals surface area contributed by atoms with Crippen LogP contribution in [0.4, 0.5) is 0 Å². The van der Waals surface area contributed by atoms with Crippen LogP contribution < -0.4 is 4.74 Å². The Labute approximate surface area is 111 Å². The van der Waals surface area contributed by atoms with Gasteiger partial charge in [-0.15, -0.1) is 0 Å². The number of hydrogen-bond acceptors (Lipinski definition) is 2. The Balaban J connectivity index is 2.66. The monoisotopic (exact) mass is 298 g/mol. The molecule has 0 atom stereocenters. The number of carbonyl (C=O) groups is 1. The molecule has 0 aliphatic heterocycles. The van der Waals surface area contributed by atoms with Crippen molar-refractivity contribution in [2.45, 2.75) is 33.6 Å². The second kappa shape index (κ2) is 6.80. The fraction of sp³-hybridized carbons (Fsp3) is 0.500. The number of benzene rings is 1. The average molecular weight is 299 g/mol. The van der Waals surface area contributed by atoms with Crippen LogP contribution in [0.5, 0.6) is 5.75 Å². The van der Waals surface area contributed by atoms with E-state index in [4.69, 9.17) is 4.74 Å². The molecule has 0 aromatic heterocycles. The summed E-state index contributed by atoms with van der Waals surface area (Å²) in [7, 11) is 0. The SMILES string of the molecule is Cc1cc(Br)cc(C=O)c1OCCCC(C)C. The molecule has 0 spiro atoms. The lowest BCUT2D eigenvalue weighted by Crippen LogP contribution is -2.03. The summed E-state index contributed by atoms with van der Waals surface area (Å²) in [6.45, 7) is 7.01. The Hall–Kier alpha value is -0.830. The summed E-state index contributed by atoms with van der Waals surface area (Å²) in [4.78, 5) is 11.0. The van der Waals surface area contributed by atoms with E-state index in [1.165, 1.54) is 0 Å². The maximum Gasteiger partial charge on any atom is 0.153 e. The van der Waals surface area contributed by atoms with Gasteiger partial charge in [0.1, 0.15) is 5.75 Å². The summed E-state index contributed by atoms with van der Waals surface area (Å²) in [6.07, 6.45) is 3.01. The van der Waals surface area contributed by atoms with Gasteiger partial charge in [0.25, 0.3) is 0 Å². The van der Waals surface area contributed by atoms with Crippen LogP contribution in [-0.4, -0.2) is 12.9 Å². The van der Waals surface area contributed by atoms with E-state index in [9.17, 15) is 4.79 Å². The third-order valence-electron chi connectivity index (χ3n) is 2.57.